The first-order valence-corrected chi connectivity index (χ1v) is 7.81. The molecule has 0 aliphatic carbocycles. The predicted octanol–water partition coefficient (Wildman–Crippen LogP) is 5.35. The molecule has 3 rings (SSSR count). The molecule has 0 bridgehead atoms. The molecule has 108 valence electrons. The molecular formula is C17H16Cl2N2. The van der Waals surface area contributed by atoms with Crippen molar-refractivity contribution < 1.29 is 0 Å². The highest BCUT2D eigenvalue weighted by Crippen LogP contribution is 2.31. The minimum absolute atomic E-state index is 0.129. The summed E-state index contributed by atoms with van der Waals surface area (Å²) >= 11 is 12.5. The monoisotopic (exact) mass is 318 g/mol. The number of rotatable bonds is 3. The van der Waals surface area contributed by atoms with Crippen LogP contribution in [-0.2, 0) is 5.88 Å². The number of aryl methyl sites for hydroxylation is 1. The molecule has 2 aromatic carbocycles. The van der Waals surface area contributed by atoms with Crippen molar-refractivity contribution in [3.63, 3.8) is 0 Å². The van der Waals surface area contributed by atoms with Crippen molar-refractivity contribution >= 4 is 34.2 Å². The third-order valence-electron chi connectivity index (χ3n) is 3.80. The largest absolute Gasteiger partial charge is 0.318 e. The van der Waals surface area contributed by atoms with E-state index in [9.17, 15) is 0 Å². The Kier molecular flexibility index (Phi) is 3.92. The van der Waals surface area contributed by atoms with Gasteiger partial charge in [-0.2, -0.15) is 0 Å². The van der Waals surface area contributed by atoms with Gasteiger partial charge in [0.1, 0.15) is 5.82 Å². The number of imidazole rings is 1. The molecule has 2 nitrogen and oxygen atoms in total. The SMILES string of the molecule is Cc1ccc(C(C)n2c(CCl)nc3cccc(Cl)c32)cc1. The van der Waals surface area contributed by atoms with Crippen LogP contribution < -0.4 is 0 Å². The lowest BCUT2D eigenvalue weighted by atomic mass is 10.1. The number of aromatic nitrogens is 2. The molecule has 0 radical (unpaired) electrons. The fraction of sp³-hybridized carbons (Fsp3) is 0.235. The minimum atomic E-state index is 0.129. The van der Waals surface area contributed by atoms with Gasteiger partial charge >= 0.3 is 0 Å². The van der Waals surface area contributed by atoms with E-state index in [1.807, 2.05) is 18.2 Å². The van der Waals surface area contributed by atoms with E-state index in [-0.39, 0.29) is 6.04 Å². The van der Waals surface area contributed by atoms with E-state index in [2.05, 4.69) is 47.7 Å². The average molecular weight is 319 g/mol. The first-order chi connectivity index (χ1) is 10.1. The second kappa shape index (κ2) is 5.70. The first-order valence-electron chi connectivity index (χ1n) is 6.89. The maximum absolute atomic E-state index is 6.39. The molecule has 0 saturated carbocycles. The molecule has 0 spiro atoms. The summed E-state index contributed by atoms with van der Waals surface area (Å²) in [6.07, 6.45) is 0. The number of nitrogens with zero attached hydrogens (tertiary/aromatic N) is 2. The summed E-state index contributed by atoms with van der Waals surface area (Å²) in [5.41, 5.74) is 4.29. The van der Waals surface area contributed by atoms with Gasteiger partial charge in [-0.3, -0.25) is 0 Å². The van der Waals surface area contributed by atoms with Crippen LogP contribution in [0.5, 0.6) is 0 Å². The van der Waals surface area contributed by atoms with Gasteiger partial charge in [0.05, 0.1) is 28.0 Å². The summed E-state index contributed by atoms with van der Waals surface area (Å²) in [7, 11) is 0. The lowest BCUT2D eigenvalue weighted by Crippen LogP contribution is -2.10. The van der Waals surface area contributed by atoms with Crippen LogP contribution in [0.15, 0.2) is 42.5 Å². The highest BCUT2D eigenvalue weighted by atomic mass is 35.5. The Morgan fingerprint density at radius 2 is 1.86 bits per heavy atom. The lowest BCUT2D eigenvalue weighted by Gasteiger charge is -2.18. The van der Waals surface area contributed by atoms with Crippen molar-refractivity contribution in [1.29, 1.82) is 0 Å². The van der Waals surface area contributed by atoms with Crippen LogP contribution in [0, 0.1) is 6.92 Å². The Labute approximate surface area is 134 Å². The molecular weight excluding hydrogens is 303 g/mol. The zero-order valence-corrected chi connectivity index (χ0v) is 13.5. The van der Waals surface area contributed by atoms with Crippen molar-refractivity contribution in [3.05, 3.63) is 64.4 Å². The van der Waals surface area contributed by atoms with Crippen LogP contribution in [0.25, 0.3) is 11.0 Å². The quantitative estimate of drug-likeness (QED) is 0.595. The van der Waals surface area contributed by atoms with Crippen molar-refractivity contribution in [2.75, 3.05) is 0 Å². The van der Waals surface area contributed by atoms with Crippen LogP contribution in [0.1, 0.15) is 29.9 Å². The molecule has 0 amide bonds. The molecule has 3 aromatic rings. The van der Waals surface area contributed by atoms with Crippen LogP contribution in [0.4, 0.5) is 0 Å². The van der Waals surface area contributed by atoms with Gasteiger partial charge in [0.2, 0.25) is 0 Å². The summed E-state index contributed by atoms with van der Waals surface area (Å²) in [5.74, 6) is 1.20. The number of para-hydroxylation sites is 1. The zero-order chi connectivity index (χ0) is 15.0. The Balaban J connectivity index is 2.20. The number of hydrogen-bond acceptors (Lipinski definition) is 1. The van der Waals surface area contributed by atoms with Gasteiger partial charge in [-0.1, -0.05) is 47.5 Å². The summed E-state index contributed by atoms with van der Waals surface area (Å²) in [4.78, 5) is 4.60. The maximum Gasteiger partial charge on any atom is 0.125 e. The number of fused-ring (bicyclic) bond motifs is 1. The first kappa shape index (κ1) is 14.4. The molecule has 0 aliphatic rings. The third kappa shape index (κ3) is 2.54. The molecule has 1 atom stereocenters. The molecule has 4 heteroatoms. The van der Waals surface area contributed by atoms with Crippen molar-refractivity contribution in [2.24, 2.45) is 0 Å². The van der Waals surface area contributed by atoms with Crippen molar-refractivity contribution in [1.82, 2.24) is 9.55 Å². The second-order valence-corrected chi connectivity index (χ2v) is 5.90. The topological polar surface area (TPSA) is 17.8 Å². The normalized spacial score (nSPS) is 12.8. The average Bonchev–Trinajstić information content (AvgIpc) is 2.87. The lowest BCUT2D eigenvalue weighted by molar-refractivity contribution is 0.634. The molecule has 0 aliphatic heterocycles. The standard InChI is InChI=1S/C17H16Cl2N2/c1-11-6-8-13(9-7-11)12(2)21-16(10-18)20-15-5-3-4-14(19)17(15)21/h3-9,12H,10H2,1-2H3. The Morgan fingerprint density at radius 3 is 2.52 bits per heavy atom. The fourth-order valence-corrected chi connectivity index (χ4v) is 3.11. The van der Waals surface area contributed by atoms with Gasteiger partial charge in [0, 0.05) is 0 Å². The molecule has 0 N–H and O–H groups in total. The highest BCUT2D eigenvalue weighted by molar-refractivity contribution is 6.35. The molecule has 1 aromatic heterocycles. The number of hydrogen-bond donors (Lipinski definition) is 0. The summed E-state index contributed by atoms with van der Waals surface area (Å²) in [6.45, 7) is 4.23. The Hall–Kier alpha value is -1.51. The number of alkyl halides is 1. The zero-order valence-electron chi connectivity index (χ0n) is 12.0. The molecule has 21 heavy (non-hydrogen) atoms. The van der Waals surface area contributed by atoms with Crippen LogP contribution in [-0.4, -0.2) is 9.55 Å². The summed E-state index contributed by atoms with van der Waals surface area (Å²) in [5, 5.41) is 0.704. The molecule has 1 unspecified atom stereocenters. The smallest absolute Gasteiger partial charge is 0.125 e. The minimum Gasteiger partial charge on any atom is -0.318 e. The van der Waals surface area contributed by atoms with Crippen molar-refractivity contribution in [2.45, 2.75) is 25.8 Å². The van der Waals surface area contributed by atoms with E-state index in [1.54, 1.807) is 0 Å². The predicted molar refractivity (Wildman–Crippen MR) is 89.3 cm³/mol. The van der Waals surface area contributed by atoms with Gasteiger partial charge in [0.25, 0.3) is 0 Å². The van der Waals surface area contributed by atoms with E-state index in [0.29, 0.717) is 10.9 Å². The highest BCUT2D eigenvalue weighted by Gasteiger charge is 2.18. The second-order valence-electron chi connectivity index (χ2n) is 5.23. The summed E-state index contributed by atoms with van der Waals surface area (Å²) in [6, 6.07) is 14.4. The van der Waals surface area contributed by atoms with Gasteiger partial charge in [-0.25, -0.2) is 4.98 Å². The third-order valence-corrected chi connectivity index (χ3v) is 4.34. The summed E-state index contributed by atoms with van der Waals surface area (Å²) < 4.78 is 2.13. The number of halogens is 2. The fourth-order valence-electron chi connectivity index (χ4n) is 2.66. The van der Waals surface area contributed by atoms with Crippen LogP contribution in [0.2, 0.25) is 5.02 Å². The van der Waals surface area contributed by atoms with E-state index in [0.717, 1.165) is 16.9 Å². The molecule has 1 heterocycles. The van der Waals surface area contributed by atoms with E-state index < -0.39 is 0 Å². The van der Waals surface area contributed by atoms with Crippen LogP contribution in [0.3, 0.4) is 0 Å². The van der Waals surface area contributed by atoms with Gasteiger partial charge < -0.3 is 4.57 Å². The van der Waals surface area contributed by atoms with Crippen molar-refractivity contribution in [3.8, 4) is 0 Å². The van der Waals surface area contributed by atoms with Gasteiger partial charge in [-0.15, -0.1) is 11.6 Å². The van der Waals surface area contributed by atoms with Gasteiger partial charge in [-0.05, 0) is 31.5 Å². The number of benzene rings is 2. The van der Waals surface area contributed by atoms with Gasteiger partial charge in [0.15, 0.2) is 0 Å². The maximum atomic E-state index is 6.39. The molecule has 0 saturated heterocycles. The van der Waals surface area contributed by atoms with E-state index >= 15 is 0 Å². The Morgan fingerprint density at radius 1 is 1.14 bits per heavy atom. The van der Waals surface area contributed by atoms with E-state index in [1.165, 1.54) is 11.1 Å². The van der Waals surface area contributed by atoms with E-state index in [4.69, 9.17) is 23.2 Å². The van der Waals surface area contributed by atoms with Crippen LogP contribution >= 0.6 is 23.2 Å². The molecule has 0 fully saturated rings. The Bertz CT molecular complexity index is 775.